The molecule has 0 aliphatic rings. The van der Waals surface area contributed by atoms with Crippen LogP contribution in [0.2, 0.25) is 5.02 Å². The number of nitrogens with one attached hydrogen (secondary N) is 1. The largest absolute Gasteiger partial charge is 0.478 e. The van der Waals surface area contributed by atoms with E-state index in [0.29, 0.717) is 0 Å². The van der Waals surface area contributed by atoms with E-state index >= 15 is 0 Å². The van der Waals surface area contributed by atoms with E-state index in [4.69, 9.17) is 16.7 Å². The van der Waals surface area contributed by atoms with Crippen LogP contribution in [-0.4, -0.2) is 16.1 Å². The Balaban J connectivity index is 1.90. The molecule has 0 atom stereocenters. The normalized spacial score (nSPS) is 10.8. The van der Waals surface area contributed by atoms with Gasteiger partial charge in [-0.25, -0.2) is 4.79 Å². The zero-order chi connectivity index (χ0) is 14.1. The van der Waals surface area contributed by atoms with E-state index in [1.807, 2.05) is 24.3 Å². The number of rotatable bonds is 3. The number of halogens is 1. The number of benzene rings is 2. The highest BCUT2D eigenvalue weighted by molar-refractivity contribution is 7.99. The highest BCUT2D eigenvalue weighted by atomic mass is 35.5. The van der Waals surface area contributed by atoms with Gasteiger partial charge < -0.3 is 10.1 Å². The van der Waals surface area contributed by atoms with Crippen molar-refractivity contribution in [3.63, 3.8) is 0 Å². The zero-order valence-electron chi connectivity index (χ0n) is 10.3. The van der Waals surface area contributed by atoms with Gasteiger partial charge in [0.2, 0.25) is 0 Å². The fourth-order valence-electron chi connectivity index (χ4n) is 1.96. The van der Waals surface area contributed by atoms with E-state index in [-0.39, 0.29) is 10.6 Å². The second-order valence-electron chi connectivity index (χ2n) is 4.27. The van der Waals surface area contributed by atoms with Gasteiger partial charge >= 0.3 is 5.97 Å². The van der Waals surface area contributed by atoms with Crippen LogP contribution in [-0.2, 0) is 0 Å². The monoisotopic (exact) mass is 303 g/mol. The second-order valence-corrected chi connectivity index (χ2v) is 5.79. The van der Waals surface area contributed by atoms with Crippen LogP contribution >= 0.6 is 23.4 Å². The summed E-state index contributed by atoms with van der Waals surface area (Å²) in [6.07, 6.45) is 0. The molecular formula is C15H10ClNO2S. The van der Waals surface area contributed by atoms with Crippen molar-refractivity contribution in [1.82, 2.24) is 4.98 Å². The highest BCUT2D eigenvalue weighted by Gasteiger charge is 2.10. The highest BCUT2D eigenvalue weighted by Crippen LogP contribution is 2.32. The first-order chi connectivity index (χ1) is 9.63. The van der Waals surface area contributed by atoms with Crippen LogP contribution in [0.3, 0.4) is 0 Å². The number of hydrogen-bond donors (Lipinski definition) is 2. The Hall–Kier alpha value is -1.91. The number of carboxylic acid groups (broad SMARTS) is 1. The maximum absolute atomic E-state index is 10.9. The third kappa shape index (κ3) is 2.53. The summed E-state index contributed by atoms with van der Waals surface area (Å²) in [6, 6.07) is 15.0. The van der Waals surface area contributed by atoms with Gasteiger partial charge in [0.05, 0.1) is 15.6 Å². The smallest absolute Gasteiger partial charge is 0.337 e. The number of H-pyrrole nitrogens is 1. The summed E-state index contributed by atoms with van der Waals surface area (Å²) < 4.78 is 0. The van der Waals surface area contributed by atoms with E-state index in [1.165, 1.54) is 17.8 Å². The predicted molar refractivity (Wildman–Crippen MR) is 80.8 cm³/mol. The minimum Gasteiger partial charge on any atom is -0.478 e. The summed E-state index contributed by atoms with van der Waals surface area (Å²) in [4.78, 5) is 15.1. The molecule has 2 aromatic carbocycles. The van der Waals surface area contributed by atoms with Gasteiger partial charge in [-0.05, 0) is 30.3 Å². The van der Waals surface area contributed by atoms with Crippen molar-refractivity contribution in [2.45, 2.75) is 9.92 Å². The standard InChI is InChI=1S/C15H10ClNO2S/c16-12-8-10(5-6-11(12)15(18)19)20-14-7-9-3-1-2-4-13(9)17-14/h1-8,17H,(H,18,19). The molecule has 0 saturated heterocycles. The van der Waals surface area contributed by atoms with Gasteiger partial charge in [-0.15, -0.1) is 0 Å². The number of aromatic nitrogens is 1. The lowest BCUT2D eigenvalue weighted by Gasteiger charge is -2.02. The number of hydrogen-bond acceptors (Lipinski definition) is 2. The fraction of sp³-hybridized carbons (Fsp3) is 0. The molecule has 1 heterocycles. The molecule has 3 nitrogen and oxygen atoms in total. The van der Waals surface area contributed by atoms with Crippen LogP contribution in [0.1, 0.15) is 10.4 Å². The van der Waals surface area contributed by atoms with Crippen LogP contribution in [0, 0.1) is 0 Å². The molecule has 5 heteroatoms. The minimum atomic E-state index is -1.02. The third-order valence-corrected chi connectivity index (χ3v) is 4.15. The van der Waals surface area contributed by atoms with E-state index in [0.717, 1.165) is 20.8 Å². The van der Waals surface area contributed by atoms with Gasteiger partial charge in [0.15, 0.2) is 0 Å². The molecule has 20 heavy (non-hydrogen) atoms. The van der Waals surface area contributed by atoms with Gasteiger partial charge in [0.1, 0.15) is 0 Å². The fourth-order valence-corrected chi connectivity index (χ4v) is 3.20. The molecular weight excluding hydrogens is 294 g/mol. The third-order valence-electron chi connectivity index (χ3n) is 2.90. The lowest BCUT2D eigenvalue weighted by molar-refractivity contribution is 0.0697. The number of carboxylic acids is 1. The Kier molecular flexibility index (Phi) is 3.42. The van der Waals surface area contributed by atoms with E-state index in [9.17, 15) is 4.79 Å². The van der Waals surface area contributed by atoms with E-state index in [1.54, 1.807) is 12.1 Å². The maximum Gasteiger partial charge on any atom is 0.337 e. The van der Waals surface area contributed by atoms with Crippen molar-refractivity contribution in [2.75, 3.05) is 0 Å². The van der Waals surface area contributed by atoms with Crippen molar-refractivity contribution in [2.24, 2.45) is 0 Å². The van der Waals surface area contributed by atoms with Gasteiger partial charge in [-0.2, -0.15) is 0 Å². The summed E-state index contributed by atoms with van der Waals surface area (Å²) in [7, 11) is 0. The van der Waals surface area contributed by atoms with Gasteiger partial charge in [-0.1, -0.05) is 41.6 Å². The average Bonchev–Trinajstić information content (AvgIpc) is 2.80. The first-order valence-corrected chi connectivity index (χ1v) is 7.11. The Labute approximate surface area is 124 Å². The molecule has 0 unspecified atom stereocenters. The summed E-state index contributed by atoms with van der Waals surface area (Å²) in [5.74, 6) is -1.02. The number of aromatic amines is 1. The molecule has 3 aromatic rings. The van der Waals surface area contributed by atoms with E-state index in [2.05, 4.69) is 11.1 Å². The summed E-state index contributed by atoms with van der Waals surface area (Å²) >= 11 is 7.48. The van der Waals surface area contributed by atoms with E-state index < -0.39 is 5.97 Å². The average molecular weight is 304 g/mol. The number of para-hydroxylation sites is 1. The molecule has 0 amide bonds. The molecule has 0 bridgehead atoms. The summed E-state index contributed by atoms with van der Waals surface area (Å²) in [6.45, 7) is 0. The van der Waals surface area contributed by atoms with Crippen molar-refractivity contribution >= 4 is 40.2 Å². The molecule has 2 N–H and O–H groups in total. The molecule has 100 valence electrons. The molecule has 3 rings (SSSR count). The van der Waals surface area contributed by atoms with Crippen LogP contribution in [0.25, 0.3) is 10.9 Å². The van der Waals surface area contributed by atoms with Crippen molar-refractivity contribution in [3.8, 4) is 0 Å². The molecule has 0 saturated carbocycles. The predicted octanol–water partition coefficient (Wildman–Crippen LogP) is 4.67. The Morgan fingerprint density at radius 1 is 1.15 bits per heavy atom. The second kappa shape index (κ2) is 5.23. The van der Waals surface area contributed by atoms with Crippen LogP contribution in [0.4, 0.5) is 0 Å². The van der Waals surface area contributed by atoms with Crippen molar-refractivity contribution in [1.29, 1.82) is 0 Å². The van der Waals surface area contributed by atoms with Crippen LogP contribution in [0.5, 0.6) is 0 Å². The molecule has 1 aromatic heterocycles. The lowest BCUT2D eigenvalue weighted by atomic mass is 10.2. The van der Waals surface area contributed by atoms with Crippen molar-refractivity contribution < 1.29 is 9.90 Å². The van der Waals surface area contributed by atoms with Crippen LogP contribution < -0.4 is 0 Å². The molecule has 0 spiro atoms. The first-order valence-electron chi connectivity index (χ1n) is 5.92. The Bertz CT molecular complexity index is 764. The molecule has 0 aliphatic carbocycles. The maximum atomic E-state index is 10.9. The van der Waals surface area contributed by atoms with Crippen LogP contribution in [0.15, 0.2) is 58.5 Å². The molecule has 0 radical (unpaired) electrons. The lowest BCUT2D eigenvalue weighted by Crippen LogP contribution is -1.96. The molecule has 0 fully saturated rings. The summed E-state index contributed by atoms with van der Waals surface area (Å²) in [5, 5.41) is 11.3. The first kappa shape index (κ1) is 13.1. The molecule has 0 aliphatic heterocycles. The van der Waals surface area contributed by atoms with Crippen molar-refractivity contribution in [3.05, 3.63) is 59.1 Å². The number of carbonyl (C=O) groups is 1. The Morgan fingerprint density at radius 3 is 2.65 bits per heavy atom. The number of aromatic carboxylic acids is 1. The number of fused-ring (bicyclic) bond motifs is 1. The van der Waals surface area contributed by atoms with Gasteiger partial charge in [0, 0.05) is 15.8 Å². The van der Waals surface area contributed by atoms with Gasteiger partial charge in [0.25, 0.3) is 0 Å². The van der Waals surface area contributed by atoms with Gasteiger partial charge in [-0.3, -0.25) is 0 Å². The summed E-state index contributed by atoms with van der Waals surface area (Å²) in [5.41, 5.74) is 1.19. The zero-order valence-corrected chi connectivity index (χ0v) is 11.8. The quantitative estimate of drug-likeness (QED) is 0.739. The Morgan fingerprint density at radius 2 is 1.95 bits per heavy atom. The topological polar surface area (TPSA) is 53.1 Å². The minimum absolute atomic E-state index is 0.118. The SMILES string of the molecule is O=C(O)c1ccc(Sc2cc3ccccc3[nH]2)cc1Cl.